The predicted octanol–water partition coefficient (Wildman–Crippen LogP) is 23.7. The molecule has 4 heteroatoms. The van der Waals surface area contributed by atoms with Crippen molar-refractivity contribution < 1.29 is 0 Å². The minimum absolute atomic E-state index is 0.0461. The lowest BCUT2D eigenvalue weighted by molar-refractivity contribution is 0.590. The predicted molar refractivity (Wildman–Crippen MR) is 384 cm³/mol. The molecule has 14 rings (SSSR count). The van der Waals surface area contributed by atoms with Gasteiger partial charge in [-0.15, -0.1) is 0 Å². The minimum Gasteiger partial charge on any atom is -0.309 e. The van der Waals surface area contributed by atoms with E-state index in [9.17, 15) is 0 Å². The smallest absolute Gasteiger partial charge is 0.0949 e. The van der Waals surface area contributed by atoms with Crippen molar-refractivity contribution in [1.29, 1.82) is 0 Å². The number of hydrogen-bond acceptors (Lipinski definition) is 3. The van der Waals surface area contributed by atoms with Crippen LogP contribution in [0, 0.1) is 0 Å². The third kappa shape index (κ3) is 9.56. The molecule has 0 fully saturated rings. The molecule has 0 unspecified atom stereocenters. The van der Waals surface area contributed by atoms with Gasteiger partial charge in [0.1, 0.15) is 0 Å². The summed E-state index contributed by atoms with van der Waals surface area (Å²) in [6.45, 7) is 32.8. The summed E-state index contributed by atoms with van der Waals surface area (Å²) in [5, 5.41) is 2.52. The molecule has 12 aromatic rings. The van der Waals surface area contributed by atoms with E-state index in [1.807, 2.05) is 0 Å². The van der Waals surface area contributed by atoms with Crippen LogP contribution in [0.5, 0.6) is 0 Å². The second-order valence-corrected chi connectivity index (χ2v) is 29.6. The minimum atomic E-state index is -0.327. The molecule has 0 aliphatic carbocycles. The number of aromatic nitrogens is 1. The summed E-state index contributed by atoms with van der Waals surface area (Å²) in [5.74, 6) is 0. The number of hydrogen-bond donors (Lipinski definition) is 0. The third-order valence-corrected chi connectivity index (χ3v) is 20.5. The molecule has 0 saturated heterocycles. The Balaban J connectivity index is 1.10. The number of benzene rings is 11. The molecule has 0 amide bonds. The van der Waals surface area contributed by atoms with E-state index < -0.39 is 0 Å². The van der Waals surface area contributed by atoms with Gasteiger partial charge < -0.3 is 19.3 Å². The maximum Gasteiger partial charge on any atom is 0.0949 e. The summed E-state index contributed by atoms with van der Waals surface area (Å²) in [7, 11) is 0. The van der Waals surface area contributed by atoms with Crippen LogP contribution in [0.4, 0.5) is 51.2 Å². The van der Waals surface area contributed by atoms with Crippen molar-refractivity contribution in [2.45, 2.75) is 129 Å². The molecule has 3 heterocycles. The summed E-state index contributed by atoms with van der Waals surface area (Å²) in [6.07, 6.45) is 0. The van der Waals surface area contributed by atoms with Crippen molar-refractivity contribution >= 4 is 73.0 Å². The average molecular weight is 1170 g/mol. The first-order chi connectivity index (χ1) is 42.9. The van der Waals surface area contributed by atoms with E-state index in [1.54, 1.807) is 0 Å². The molecule has 1 aromatic heterocycles. The van der Waals surface area contributed by atoms with Crippen molar-refractivity contribution in [3.8, 4) is 5.69 Å². The SMILES string of the molecule is CC(C)(C)c1ccc2c(c1)c1cc(C(C)(C)C)ccc1n2-c1cc2c3c(c1)N(c1ccc(C(C)(C)c4ccccc4)cc1)c1ccc(C(C)(C)c4ccccc4)cc1N3c1cc(C(C)(C)c3ccccc3)ccc1N2c1ccc(C(C)(C)c2ccccc2)cc1. The molecule has 0 radical (unpaired) electrons. The first kappa shape index (κ1) is 58.3. The van der Waals surface area contributed by atoms with Crippen molar-refractivity contribution in [3.05, 3.63) is 310 Å². The third-order valence-electron chi connectivity index (χ3n) is 20.5. The molecule has 448 valence electrons. The van der Waals surface area contributed by atoms with Gasteiger partial charge in [0, 0.05) is 43.8 Å². The zero-order valence-corrected chi connectivity index (χ0v) is 55.0. The topological polar surface area (TPSA) is 14.7 Å². The van der Waals surface area contributed by atoms with Crippen LogP contribution < -0.4 is 14.7 Å². The largest absolute Gasteiger partial charge is 0.309 e. The van der Waals surface area contributed by atoms with Gasteiger partial charge in [0.25, 0.3) is 0 Å². The molecule has 2 aliphatic heterocycles. The van der Waals surface area contributed by atoms with Gasteiger partial charge >= 0.3 is 0 Å². The van der Waals surface area contributed by atoms with Gasteiger partial charge in [-0.1, -0.05) is 267 Å². The van der Waals surface area contributed by atoms with Crippen molar-refractivity contribution in [2.24, 2.45) is 0 Å². The van der Waals surface area contributed by atoms with Gasteiger partial charge in [-0.2, -0.15) is 0 Å². The molecular weight excluding hydrogens is 1090 g/mol. The monoisotopic (exact) mass is 1170 g/mol. The number of rotatable bonds is 11. The van der Waals surface area contributed by atoms with Gasteiger partial charge in [-0.25, -0.2) is 0 Å². The van der Waals surface area contributed by atoms with Gasteiger partial charge in [0.2, 0.25) is 0 Å². The first-order valence-electron chi connectivity index (χ1n) is 32.3. The Morgan fingerprint density at radius 2 is 0.500 bits per heavy atom. The number of fused-ring (bicyclic) bond motifs is 7. The average Bonchev–Trinajstić information content (AvgIpc) is 0.852. The molecule has 0 saturated carbocycles. The van der Waals surface area contributed by atoms with E-state index in [0.717, 1.165) is 56.9 Å². The zero-order valence-electron chi connectivity index (χ0n) is 55.0. The fourth-order valence-corrected chi connectivity index (χ4v) is 14.4. The first-order valence-corrected chi connectivity index (χ1v) is 32.3. The molecule has 0 spiro atoms. The second kappa shape index (κ2) is 21.1. The molecule has 4 nitrogen and oxygen atoms in total. The van der Waals surface area contributed by atoms with Crippen LogP contribution in [0.15, 0.2) is 255 Å². The van der Waals surface area contributed by atoms with Gasteiger partial charge in [0.05, 0.1) is 56.5 Å². The van der Waals surface area contributed by atoms with Crippen molar-refractivity contribution in [3.63, 3.8) is 0 Å². The molecule has 0 bridgehead atoms. The summed E-state index contributed by atoms with van der Waals surface area (Å²) < 4.78 is 2.56. The Hall–Kier alpha value is -9.38. The molecule has 0 atom stereocenters. The van der Waals surface area contributed by atoms with Crippen LogP contribution in [-0.4, -0.2) is 4.57 Å². The van der Waals surface area contributed by atoms with Crippen LogP contribution in [-0.2, 0) is 32.5 Å². The standard InChI is InChI=1S/C86H84N4/c1-81(2,3)63-39-47-72-70(51-63)71-52-64(82(4,5)6)40-48-73(71)89(72)69-55-78-80-79(56-69)88(68-45-37-62(38-46-68)84(9,10)58-29-21-16-22-30-58)75-50-42-66(86(13,14)60-33-25-18-26-34-60)54-77(75)90(80)76-53-65(85(11,12)59-31-23-17-24-32-59)41-49-74(76)87(78)67-43-35-61(36-44-67)83(7,8)57-27-19-15-20-28-57/h15-56H,1-14H3. The Labute approximate surface area is 534 Å². The Morgan fingerprint density at radius 1 is 0.211 bits per heavy atom. The lowest BCUT2D eigenvalue weighted by atomic mass is 9.77. The Bertz CT molecular complexity index is 4390. The van der Waals surface area contributed by atoms with Crippen molar-refractivity contribution in [1.82, 2.24) is 4.57 Å². The molecule has 11 aromatic carbocycles. The molecule has 2 aliphatic rings. The quantitative estimate of drug-likeness (QED) is 0.128. The van der Waals surface area contributed by atoms with E-state index in [1.165, 1.54) is 77.4 Å². The van der Waals surface area contributed by atoms with Gasteiger partial charge in [0.15, 0.2) is 0 Å². The summed E-state index contributed by atoms with van der Waals surface area (Å²) in [6, 6.07) is 96.8. The fraction of sp³-hybridized carbons (Fsp3) is 0.233. The summed E-state index contributed by atoms with van der Waals surface area (Å²) >= 11 is 0. The lowest BCUT2D eigenvalue weighted by Crippen LogP contribution is -2.32. The molecule has 90 heavy (non-hydrogen) atoms. The van der Waals surface area contributed by atoms with Crippen LogP contribution in [0.25, 0.3) is 27.5 Å². The summed E-state index contributed by atoms with van der Waals surface area (Å²) in [5.41, 5.74) is 25.0. The lowest BCUT2D eigenvalue weighted by Gasteiger charge is -2.48. The van der Waals surface area contributed by atoms with Crippen LogP contribution in [0.3, 0.4) is 0 Å². The highest BCUT2D eigenvalue weighted by Crippen LogP contribution is 2.65. The van der Waals surface area contributed by atoms with Crippen molar-refractivity contribution in [2.75, 3.05) is 14.7 Å². The number of anilines is 9. The maximum absolute atomic E-state index is 2.64. The second-order valence-electron chi connectivity index (χ2n) is 29.6. The number of nitrogens with zero attached hydrogens (tertiary/aromatic N) is 4. The maximum atomic E-state index is 2.64. The van der Waals surface area contributed by atoms with Gasteiger partial charge in [-0.05, 0) is 151 Å². The van der Waals surface area contributed by atoms with Crippen LogP contribution in [0.1, 0.15) is 153 Å². The van der Waals surface area contributed by atoms with E-state index in [0.29, 0.717) is 0 Å². The highest BCUT2D eigenvalue weighted by atomic mass is 15.3. The van der Waals surface area contributed by atoms with E-state index in [2.05, 4.69) is 371 Å². The van der Waals surface area contributed by atoms with E-state index >= 15 is 0 Å². The van der Waals surface area contributed by atoms with E-state index in [4.69, 9.17) is 0 Å². The van der Waals surface area contributed by atoms with E-state index in [-0.39, 0.29) is 32.5 Å². The Kier molecular flexibility index (Phi) is 13.7. The Morgan fingerprint density at radius 3 is 0.822 bits per heavy atom. The normalized spacial score (nSPS) is 13.6. The van der Waals surface area contributed by atoms with Gasteiger partial charge in [-0.3, -0.25) is 0 Å². The highest BCUT2D eigenvalue weighted by Gasteiger charge is 2.43. The molecular formula is C86H84N4. The highest BCUT2D eigenvalue weighted by molar-refractivity contribution is 6.15. The van der Waals surface area contributed by atoms with Crippen LogP contribution in [0.2, 0.25) is 0 Å². The fourth-order valence-electron chi connectivity index (χ4n) is 14.4. The summed E-state index contributed by atoms with van der Waals surface area (Å²) in [4.78, 5) is 7.78. The zero-order chi connectivity index (χ0) is 62.9. The molecule has 0 N–H and O–H groups in total. The van der Waals surface area contributed by atoms with Crippen LogP contribution >= 0.6 is 0 Å².